The third kappa shape index (κ3) is 4.03. The Morgan fingerprint density at radius 2 is 2.04 bits per heavy atom. The van der Waals surface area contributed by atoms with Gasteiger partial charge in [0, 0.05) is 25.8 Å². The van der Waals surface area contributed by atoms with E-state index in [4.69, 9.17) is 16.3 Å². The number of amides is 1. The molecule has 0 unspecified atom stereocenters. The Kier molecular flexibility index (Phi) is 4.86. The van der Waals surface area contributed by atoms with Gasteiger partial charge in [0.1, 0.15) is 22.7 Å². The van der Waals surface area contributed by atoms with Gasteiger partial charge in [0.15, 0.2) is 5.82 Å². The Bertz CT molecular complexity index is 779. The second-order valence-electron chi connectivity index (χ2n) is 7.40. The molecule has 0 N–H and O–H groups in total. The largest absolute Gasteiger partial charge is 0.444 e. The molecule has 2 aromatic rings. The number of halogens is 2. The van der Waals surface area contributed by atoms with E-state index in [0.717, 1.165) is 12.8 Å². The lowest BCUT2D eigenvalue weighted by molar-refractivity contribution is 0.0178. The number of carbonyl (C=O) groups excluding carboxylic acids is 1. The van der Waals surface area contributed by atoms with Gasteiger partial charge in [0.05, 0.1) is 5.39 Å². The maximum absolute atomic E-state index is 14.1. The number of piperidine rings is 1. The number of fused-ring (bicyclic) bond motifs is 1. The molecule has 25 heavy (non-hydrogen) atoms. The van der Waals surface area contributed by atoms with Gasteiger partial charge < -0.3 is 14.2 Å². The predicted octanol–water partition coefficient (Wildman–Crippen LogP) is 3.87. The van der Waals surface area contributed by atoms with Gasteiger partial charge in [-0.2, -0.15) is 0 Å². The average Bonchev–Trinajstić information content (AvgIpc) is 2.84. The standard InChI is InChI=1S/C17H22ClFN4O2/c1-17(2,3)25-16(24)22-6-4-11(5-7-22)8-23-9-12(19)13-14(18)20-10-21-15(13)23/h9-11H,4-8H2,1-3H3. The molecule has 3 heterocycles. The molecule has 0 aliphatic carbocycles. The number of ether oxygens (including phenoxy) is 1. The van der Waals surface area contributed by atoms with Crippen molar-refractivity contribution in [3.8, 4) is 0 Å². The van der Waals surface area contributed by atoms with E-state index in [2.05, 4.69) is 9.97 Å². The molecule has 136 valence electrons. The molecule has 6 nitrogen and oxygen atoms in total. The first kappa shape index (κ1) is 17.9. The van der Waals surface area contributed by atoms with Crippen LogP contribution in [0.4, 0.5) is 9.18 Å². The average molecular weight is 369 g/mol. The lowest BCUT2D eigenvalue weighted by atomic mass is 9.97. The summed E-state index contributed by atoms with van der Waals surface area (Å²) in [6.45, 7) is 7.48. The minimum absolute atomic E-state index is 0.126. The van der Waals surface area contributed by atoms with Crippen molar-refractivity contribution in [1.29, 1.82) is 0 Å². The lowest BCUT2D eigenvalue weighted by Crippen LogP contribution is -2.42. The molecule has 0 atom stereocenters. The van der Waals surface area contributed by atoms with Crippen LogP contribution in [0.2, 0.25) is 5.15 Å². The Morgan fingerprint density at radius 3 is 2.68 bits per heavy atom. The molecular formula is C17H22ClFN4O2. The molecule has 2 aromatic heterocycles. The molecule has 8 heteroatoms. The van der Waals surface area contributed by atoms with Crippen molar-refractivity contribution in [2.75, 3.05) is 13.1 Å². The third-order valence-corrected chi connectivity index (χ3v) is 4.57. The van der Waals surface area contributed by atoms with E-state index in [-0.39, 0.29) is 16.6 Å². The predicted molar refractivity (Wildman–Crippen MR) is 93.0 cm³/mol. The first-order valence-electron chi connectivity index (χ1n) is 8.37. The van der Waals surface area contributed by atoms with Gasteiger partial charge in [0.25, 0.3) is 0 Å². The van der Waals surface area contributed by atoms with E-state index in [1.54, 1.807) is 9.47 Å². The van der Waals surface area contributed by atoms with Gasteiger partial charge >= 0.3 is 6.09 Å². The number of carbonyl (C=O) groups is 1. The number of hydrogen-bond donors (Lipinski definition) is 0. The molecule has 0 saturated carbocycles. The van der Waals surface area contributed by atoms with Crippen LogP contribution >= 0.6 is 11.6 Å². The van der Waals surface area contributed by atoms with E-state index in [0.29, 0.717) is 31.2 Å². The third-order valence-electron chi connectivity index (χ3n) is 4.28. The Hall–Kier alpha value is -1.89. The van der Waals surface area contributed by atoms with Gasteiger partial charge in [-0.3, -0.25) is 0 Å². The second kappa shape index (κ2) is 6.78. The fourth-order valence-corrected chi connectivity index (χ4v) is 3.30. The molecule has 3 rings (SSSR count). The van der Waals surface area contributed by atoms with Crippen LogP contribution in [-0.2, 0) is 11.3 Å². The molecular weight excluding hydrogens is 347 g/mol. The van der Waals surface area contributed by atoms with Gasteiger partial charge in [-0.1, -0.05) is 11.6 Å². The summed E-state index contributed by atoms with van der Waals surface area (Å²) in [4.78, 5) is 21.8. The van der Waals surface area contributed by atoms with Crippen molar-refractivity contribution >= 4 is 28.7 Å². The van der Waals surface area contributed by atoms with Crippen molar-refractivity contribution in [3.63, 3.8) is 0 Å². The van der Waals surface area contributed by atoms with Crippen molar-refractivity contribution in [1.82, 2.24) is 19.4 Å². The fraction of sp³-hybridized carbons (Fsp3) is 0.588. The highest BCUT2D eigenvalue weighted by Crippen LogP contribution is 2.27. The van der Waals surface area contributed by atoms with E-state index in [9.17, 15) is 9.18 Å². The van der Waals surface area contributed by atoms with Crippen LogP contribution in [0, 0.1) is 11.7 Å². The van der Waals surface area contributed by atoms with Crippen molar-refractivity contribution in [2.24, 2.45) is 5.92 Å². The molecule has 1 fully saturated rings. The zero-order valence-corrected chi connectivity index (χ0v) is 15.4. The molecule has 0 bridgehead atoms. The first-order chi connectivity index (χ1) is 11.7. The smallest absolute Gasteiger partial charge is 0.410 e. The topological polar surface area (TPSA) is 60.2 Å². The summed E-state index contributed by atoms with van der Waals surface area (Å²) in [7, 11) is 0. The van der Waals surface area contributed by atoms with Crippen LogP contribution in [0.3, 0.4) is 0 Å². The number of likely N-dealkylation sites (tertiary alicyclic amines) is 1. The Labute approximate surface area is 150 Å². The molecule has 0 aromatic carbocycles. The molecule has 1 saturated heterocycles. The highest BCUT2D eigenvalue weighted by molar-refractivity contribution is 6.33. The quantitative estimate of drug-likeness (QED) is 0.755. The molecule has 1 aliphatic heterocycles. The minimum Gasteiger partial charge on any atom is -0.444 e. The van der Waals surface area contributed by atoms with Gasteiger partial charge in [-0.25, -0.2) is 19.2 Å². The summed E-state index contributed by atoms with van der Waals surface area (Å²) in [5.41, 5.74) is 0.0150. The lowest BCUT2D eigenvalue weighted by Gasteiger charge is -2.33. The second-order valence-corrected chi connectivity index (χ2v) is 7.76. The van der Waals surface area contributed by atoms with Crippen LogP contribution in [0.25, 0.3) is 11.0 Å². The summed E-state index contributed by atoms with van der Waals surface area (Å²) in [6, 6.07) is 0. The number of rotatable bonds is 2. The summed E-state index contributed by atoms with van der Waals surface area (Å²) in [5.74, 6) is -0.0748. The molecule has 1 amide bonds. The summed E-state index contributed by atoms with van der Waals surface area (Å²) in [6.07, 6.45) is 4.15. The summed E-state index contributed by atoms with van der Waals surface area (Å²) >= 11 is 5.96. The van der Waals surface area contributed by atoms with Crippen molar-refractivity contribution in [3.05, 3.63) is 23.5 Å². The first-order valence-corrected chi connectivity index (χ1v) is 8.75. The molecule has 0 spiro atoms. The maximum Gasteiger partial charge on any atom is 0.410 e. The van der Waals surface area contributed by atoms with Crippen LogP contribution in [0.5, 0.6) is 0 Å². The van der Waals surface area contributed by atoms with Gasteiger partial charge in [0.2, 0.25) is 0 Å². The van der Waals surface area contributed by atoms with Gasteiger partial charge in [-0.05, 0) is 39.5 Å². The monoisotopic (exact) mass is 368 g/mol. The van der Waals surface area contributed by atoms with E-state index < -0.39 is 11.4 Å². The Morgan fingerprint density at radius 1 is 1.36 bits per heavy atom. The molecule has 0 radical (unpaired) electrons. The van der Waals surface area contributed by atoms with Gasteiger partial charge in [-0.15, -0.1) is 0 Å². The number of nitrogens with zero attached hydrogens (tertiary/aromatic N) is 4. The van der Waals surface area contributed by atoms with Crippen molar-refractivity contribution in [2.45, 2.75) is 45.8 Å². The van der Waals surface area contributed by atoms with Crippen LogP contribution in [-0.4, -0.2) is 44.2 Å². The van der Waals surface area contributed by atoms with Crippen molar-refractivity contribution < 1.29 is 13.9 Å². The van der Waals surface area contributed by atoms with E-state index in [1.165, 1.54) is 12.5 Å². The van der Waals surface area contributed by atoms with Crippen LogP contribution in [0.1, 0.15) is 33.6 Å². The highest BCUT2D eigenvalue weighted by Gasteiger charge is 2.27. The number of aromatic nitrogens is 3. The van der Waals surface area contributed by atoms with Crippen LogP contribution in [0.15, 0.2) is 12.5 Å². The number of hydrogen-bond acceptors (Lipinski definition) is 4. The zero-order chi connectivity index (χ0) is 18.2. The molecule has 1 aliphatic rings. The maximum atomic E-state index is 14.1. The fourth-order valence-electron chi connectivity index (χ4n) is 3.08. The van der Waals surface area contributed by atoms with E-state index in [1.807, 2.05) is 20.8 Å². The Balaban J connectivity index is 1.64. The summed E-state index contributed by atoms with van der Waals surface area (Å²) in [5, 5.41) is 0.386. The summed E-state index contributed by atoms with van der Waals surface area (Å²) < 4.78 is 21.3. The minimum atomic E-state index is -0.492. The van der Waals surface area contributed by atoms with Crippen LogP contribution < -0.4 is 0 Å². The SMILES string of the molecule is CC(C)(C)OC(=O)N1CCC(Cn2cc(F)c3c(Cl)ncnc32)CC1. The highest BCUT2D eigenvalue weighted by atomic mass is 35.5. The zero-order valence-electron chi connectivity index (χ0n) is 14.6. The normalized spacial score (nSPS) is 16.4. The van der Waals surface area contributed by atoms with E-state index >= 15 is 0 Å².